The number of nitrogens with one attached hydrogen (secondary N) is 1. The molecule has 0 saturated heterocycles. The van der Waals surface area contributed by atoms with Gasteiger partial charge in [-0.15, -0.1) is 11.3 Å². The second kappa shape index (κ2) is 4.62. The highest BCUT2D eigenvalue weighted by Crippen LogP contribution is 2.32. The van der Waals surface area contributed by atoms with Crippen LogP contribution in [-0.2, 0) is 0 Å². The molecule has 0 bridgehead atoms. The Balaban J connectivity index is 2.78. The van der Waals surface area contributed by atoms with Crippen LogP contribution in [-0.4, -0.2) is 17.2 Å². The number of halogens is 1. The number of rotatable bonds is 4. The van der Waals surface area contributed by atoms with Crippen LogP contribution in [0.2, 0.25) is 4.34 Å². The molecule has 0 amide bonds. The van der Waals surface area contributed by atoms with Crippen molar-refractivity contribution in [1.82, 2.24) is 5.32 Å². The van der Waals surface area contributed by atoms with Crippen LogP contribution >= 0.6 is 22.9 Å². The highest BCUT2D eigenvalue weighted by atomic mass is 35.5. The van der Waals surface area contributed by atoms with Gasteiger partial charge in [0.25, 0.3) is 0 Å². The van der Waals surface area contributed by atoms with E-state index >= 15 is 0 Å². The molecule has 2 N–H and O–H groups in total. The number of thiophene rings is 1. The van der Waals surface area contributed by atoms with E-state index in [9.17, 15) is 5.11 Å². The fraction of sp³-hybridized carbons (Fsp3) is 0.600. The van der Waals surface area contributed by atoms with Crippen molar-refractivity contribution in [2.75, 3.05) is 6.54 Å². The minimum atomic E-state index is -0.514. The molecular formula is C10H16ClNOS. The summed E-state index contributed by atoms with van der Waals surface area (Å²) >= 11 is 7.24. The number of hydrogen-bond donors (Lipinski definition) is 2. The molecule has 0 aliphatic rings. The highest BCUT2D eigenvalue weighted by Gasteiger charge is 2.28. The van der Waals surface area contributed by atoms with Crippen molar-refractivity contribution in [3.63, 3.8) is 0 Å². The van der Waals surface area contributed by atoms with E-state index in [1.165, 1.54) is 11.3 Å². The molecule has 14 heavy (non-hydrogen) atoms. The first-order valence-corrected chi connectivity index (χ1v) is 5.85. The molecule has 0 aliphatic heterocycles. The third kappa shape index (κ3) is 2.70. The molecule has 80 valence electrons. The average molecular weight is 234 g/mol. The molecule has 1 unspecified atom stereocenters. The molecule has 1 heterocycles. The van der Waals surface area contributed by atoms with Gasteiger partial charge in [-0.2, -0.15) is 0 Å². The van der Waals surface area contributed by atoms with E-state index in [1.807, 2.05) is 32.9 Å². The quantitative estimate of drug-likeness (QED) is 0.838. The third-order valence-corrected chi connectivity index (χ3v) is 3.46. The van der Waals surface area contributed by atoms with E-state index in [4.69, 9.17) is 11.6 Å². The number of aliphatic hydroxyl groups excluding tert-OH is 1. The smallest absolute Gasteiger partial charge is 0.106 e. The standard InChI is InChI=1S/C10H16ClNOS/c1-4-12-10(2,3)9(13)7-5-6-8(11)14-7/h5-6,9,12-13H,4H2,1-3H3. The summed E-state index contributed by atoms with van der Waals surface area (Å²) in [6.07, 6.45) is -0.514. The third-order valence-electron chi connectivity index (χ3n) is 2.18. The predicted molar refractivity (Wildman–Crippen MR) is 62.0 cm³/mol. The minimum absolute atomic E-state index is 0.317. The summed E-state index contributed by atoms with van der Waals surface area (Å²) in [6.45, 7) is 6.82. The lowest BCUT2D eigenvalue weighted by Gasteiger charge is -2.30. The van der Waals surface area contributed by atoms with Gasteiger partial charge in [-0.3, -0.25) is 0 Å². The molecule has 0 aliphatic carbocycles. The van der Waals surface area contributed by atoms with Gasteiger partial charge < -0.3 is 10.4 Å². The van der Waals surface area contributed by atoms with Gasteiger partial charge in [-0.05, 0) is 32.5 Å². The van der Waals surface area contributed by atoms with Crippen LogP contribution in [0.25, 0.3) is 0 Å². The first kappa shape index (κ1) is 12.0. The average Bonchev–Trinajstić information content (AvgIpc) is 2.50. The van der Waals surface area contributed by atoms with E-state index in [2.05, 4.69) is 5.32 Å². The summed E-state index contributed by atoms with van der Waals surface area (Å²) < 4.78 is 0.714. The molecule has 1 atom stereocenters. The van der Waals surface area contributed by atoms with Crippen molar-refractivity contribution in [3.05, 3.63) is 21.3 Å². The van der Waals surface area contributed by atoms with E-state index < -0.39 is 6.10 Å². The van der Waals surface area contributed by atoms with Crippen molar-refractivity contribution in [3.8, 4) is 0 Å². The first-order chi connectivity index (χ1) is 6.47. The Bertz CT molecular complexity index is 298. The normalized spacial score (nSPS) is 14.4. The largest absolute Gasteiger partial charge is 0.386 e. The van der Waals surface area contributed by atoms with E-state index in [-0.39, 0.29) is 5.54 Å². The summed E-state index contributed by atoms with van der Waals surface area (Å²) in [7, 11) is 0. The maximum absolute atomic E-state index is 10.1. The molecule has 0 radical (unpaired) electrons. The van der Waals surface area contributed by atoms with Crippen molar-refractivity contribution in [2.45, 2.75) is 32.4 Å². The van der Waals surface area contributed by atoms with Crippen LogP contribution in [0.1, 0.15) is 31.8 Å². The zero-order valence-corrected chi connectivity index (χ0v) is 10.2. The number of aliphatic hydroxyl groups is 1. The van der Waals surface area contributed by atoms with Crippen LogP contribution < -0.4 is 5.32 Å². The van der Waals surface area contributed by atoms with Gasteiger partial charge >= 0.3 is 0 Å². The molecule has 0 aromatic carbocycles. The Morgan fingerprint density at radius 1 is 1.57 bits per heavy atom. The van der Waals surface area contributed by atoms with Gasteiger partial charge in [-0.1, -0.05) is 18.5 Å². The van der Waals surface area contributed by atoms with Crippen LogP contribution in [0.5, 0.6) is 0 Å². The predicted octanol–water partition coefficient (Wildman–Crippen LogP) is 2.82. The molecule has 1 aromatic rings. The molecule has 0 fully saturated rings. The van der Waals surface area contributed by atoms with Crippen molar-refractivity contribution in [2.24, 2.45) is 0 Å². The summed E-state index contributed by atoms with van der Waals surface area (Å²) in [5, 5.41) is 13.3. The number of likely N-dealkylation sites (N-methyl/N-ethyl adjacent to an activating group) is 1. The van der Waals surface area contributed by atoms with Gasteiger partial charge in [0.2, 0.25) is 0 Å². The lowest BCUT2D eigenvalue weighted by molar-refractivity contribution is 0.0847. The van der Waals surface area contributed by atoms with Gasteiger partial charge in [-0.25, -0.2) is 0 Å². The Labute approximate surface area is 93.9 Å². The highest BCUT2D eigenvalue weighted by molar-refractivity contribution is 7.16. The maximum atomic E-state index is 10.1. The summed E-state index contributed by atoms with van der Waals surface area (Å²) in [6, 6.07) is 3.68. The van der Waals surface area contributed by atoms with Crippen molar-refractivity contribution < 1.29 is 5.11 Å². The maximum Gasteiger partial charge on any atom is 0.106 e. The Hall–Kier alpha value is -0.0900. The first-order valence-electron chi connectivity index (χ1n) is 4.65. The lowest BCUT2D eigenvalue weighted by atomic mass is 9.96. The Morgan fingerprint density at radius 2 is 2.21 bits per heavy atom. The second-order valence-electron chi connectivity index (χ2n) is 3.80. The van der Waals surface area contributed by atoms with Crippen LogP contribution in [0.4, 0.5) is 0 Å². The van der Waals surface area contributed by atoms with Gasteiger partial charge in [0.1, 0.15) is 6.10 Å². The fourth-order valence-corrected chi connectivity index (χ4v) is 2.62. The molecule has 0 saturated carbocycles. The molecule has 2 nitrogen and oxygen atoms in total. The Morgan fingerprint density at radius 3 is 2.64 bits per heavy atom. The molecule has 1 rings (SSSR count). The monoisotopic (exact) mass is 233 g/mol. The molecule has 1 aromatic heterocycles. The fourth-order valence-electron chi connectivity index (χ4n) is 1.38. The topological polar surface area (TPSA) is 32.3 Å². The van der Waals surface area contributed by atoms with E-state index in [0.29, 0.717) is 4.34 Å². The van der Waals surface area contributed by atoms with Crippen LogP contribution in [0.15, 0.2) is 12.1 Å². The van der Waals surface area contributed by atoms with Crippen molar-refractivity contribution in [1.29, 1.82) is 0 Å². The van der Waals surface area contributed by atoms with Crippen LogP contribution in [0, 0.1) is 0 Å². The minimum Gasteiger partial charge on any atom is -0.386 e. The zero-order valence-electron chi connectivity index (χ0n) is 8.67. The summed E-state index contributed by atoms with van der Waals surface area (Å²) in [5.41, 5.74) is -0.317. The summed E-state index contributed by atoms with van der Waals surface area (Å²) in [5.74, 6) is 0. The van der Waals surface area contributed by atoms with E-state index in [0.717, 1.165) is 11.4 Å². The molecular weight excluding hydrogens is 218 g/mol. The second-order valence-corrected chi connectivity index (χ2v) is 5.54. The zero-order chi connectivity index (χ0) is 10.8. The van der Waals surface area contributed by atoms with Crippen molar-refractivity contribution >= 4 is 22.9 Å². The van der Waals surface area contributed by atoms with Crippen LogP contribution in [0.3, 0.4) is 0 Å². The Kier molecular flexibility index (Phi) is 3.95. The van der Waals surface area contributed by atoms with Gasteiger partial charge in [0, 0.05) is 10.4 Å². The number of hydrogen-bond acceptors (Lipinski definition) is 3. The lowest BCUT2D eigenvalue weighted by Crippen LogP contribution is -2.44. The van der Waals surface area contributed by atoms with E-state index in [1.54, 1.807) is 0 Å². The molecule has 0 spiro atoms. The molecule has 4 heteroatoms. The summed E-state index contributed by atoms with van der Waals surface area (Å²) in [4.78, 5) is 0.904. The van der Waals surface area contributed by atoms with Gasteiger partial charge in [0.15, 0.2) is 0 Å². The SMILES string of the molecule is CCNC(C)(C)C(O)c1ccc(Cl)s1. The van der Waals surface area contributed by atoms with Gasteiger partial charge in [0.05, 0.1) is 4.34 Å².